The van der Waals surface area contributed by atoms with Gasteiger partial charge in [-0.25, -0.2) is 0 Å². The summed E-state index contributed by atoms with van der Waals surface area (Å²) in [6.07, 6.45) is 0. The van der Waals surface area contributed by atoms with Gasteiger partial charge in [-0.1, -0.05) is 182 Å². The largest absolute Gasteiger partial charge is 0.456 e. The molecule has 0 atom stereocenters. The predicted octanol–water partition coefficient (Wildman–Crippen LogP) is 15.8. The summed E-state index contributed by atoms with van der Waals surface area (Å²) in [4.78, 5) is 0. The van der Waals surface area contributed by atoms with Crippen LogP contribution in [-0.2, 0) is 0 Å². The van der Waals surface area contributed by atoms with Gasteiger partial charge in [-0.2, -0.15) is 0 Å². The first-order valence-electron chi connectivity index (χ1n) is 20.8. The van der Waals surface area contributed by atoms with Gasteiger partial charge in [-0.15, -0.1) is 0 Å². The van der Waals surface area contributed by atoms with Gasteiger partial charge >= 0.3 is 0 Å². The Labute approximate surface area is 353 Å². The van der Waals surface area contributed by atoms with Crippen molar-refractivity contribution in [3.63, 3.8) is 0 Å². The second kappa shape index (κ2) is 14.3. The minimum Gasteiger partial charge on any atom is -0.456 e. The minimum atomic E-state index is 0.864. The van der Waals surface area contributed by atoms with E-state index in [0.29, 0.717) is 0 Å². The van der Waals surface area contributed by atoms with Gasteiger partial charge in [-0.05, 0) is 75.8 Å². The fourth-order valence-electron chi connectivity index (χ4n) is 9.40. The molecule has 3 aromatic heterocycles. The lowest BCUT2D eigenvalue weighted by atomic mass is 9.92. The molecule has 3 heterocycles. The highest BCUT2D eigenvalue weighted by molar-refractivity contribution is 6.17. The zero-order valence-corrected chi connectivity index (χ0v) is 33.2. The number of aromatic nitrogens is 2. The number of fused-ring (bicyclic) bond motifs is 5. The lowest BCUT2D eigenvalue weighted by Crippen LogP contribution is -1.99. The third-order valence-electron chi connectivity index (χ3n) is 12.2. The zero-order valence-electron chi connectivity index (χ0n) is 33.2. The second-order valence-corrected chi connectivity index (χ2v) is 15.7. The number of hydrogen-bond acceptors (Lipinski definition) is 1. The number of para-hydroxylation sites is 4. The second-order valence-electron chi connectivity index (χ2n) is 15.7. The first-order valence-corrected chi connectivity index (χ1v) is 20.8. The van der Waals surface area contributed by atoms with Gasteiger partial charge in [0.1, 0.15) is 11.2 Å². The van der Waals surface area contributed by atoms with Gasteiger partial charge in [0.05, 0.1) is 22.4 Å². The molecule has 0 aliphatic rings. The summed E-state index contributed by atoms with van der Waals surface area (Å²) in [6.45, 7) is 0. The molecular formula is C58H38N2O. The fraction of sp³-hybridized carbons (Fsp3) is 0. The number of rotatable bonds is 7. The average Bonchev–Trinajstić information content (AvgIpc) is 4.00. The third kappa shape index (κ3) is 5.74. The Morgan fingerprint density at radius 3 is 1.20 bits per heavy atom. The Kier molecular flexibility index (Phi) is 8.17. The molecule has 0 fully saturated rings. The fourth-order valence-corrected chi connectivity index (χ4v) is 9.40. The molecular weight excluding hydrogens is 741 g/mol. The molecule has 0 amide bonds. The molecule has 3 nitrogen and oxygen atoms in total. The minimum absolute atomic E-state index is 0.864. The Morgan fingerprint density at radius 2 is 0.656 bits per heavy atom. The van der Waals surface area contributed by atoms with Gasteiger partial charge in [0.2, 0.25) is 0 Å². The van der Waals surface area contributed by atoms with Gasteiger partial charge in [0.25, 0.3) is 0 Å². The van der Waals surface area contributed by atoms with Crippen molar-refractivity contribution in [2.45, 2.75) is 0 Å². The average molecular weight is 779 g/mol. The smallest absolute Gasteiger partial charge is 0.137 e. The molecule has 0 aliphatic carbocycles. The van der Waals surface area contributed by atoms with Crippen LogP contribution in [0.3, 0.4) is 0 Å². The van der Waals surface area contributed by atoms with Gasteiger partial charge in [0, 0.05) is 50.1 Å². The van der Waals surface area contributed by atoms with E-state index in [4.69, 9.17) is 4.42 Å². The summed E-state index contributed by atoms with van der Waals surface area (Å²) >= 11 is 0. The van der Waals surface area contributed by atoms with Crippen molar-refractivity contribution in [2.75, 3.05) is 0 Å². The highest BCUT2D eigenvalue weighted by atomic mass is 16.3. The van der Waals surface area contributed by atoms with Crippen LogP contribution in [0.25, 0.3) is 111 Å². The van der Waals surface area contributed by atoms with E-state index < -0.39 is 0 Å². The van der Waals surface area contributed by atoms with E-state index in [1.807, 2.05) is 12.1 Å². The van der Waals surface area contributed by atoms with Gasteiger partial charge in [-0.3, -0.25) is 0 Å². The van der Waals surface area contributed by atoms with Crippen LogP contribution in [0.1, 0.15) is 0 Å². The highest BCUT2D eigenvalue weighted by Gasteiger charge is 2.29. The van der Waals surface area contributed by atoms with Crippen LogP contribution in [0, 0.1) is 0 Å². The van der Waals surface area contributed by atoms with E-state index in [1.165, 1.54) is 44.2 Å². The number of benzene rings is 9. The Balaban J connectivity index is 1.20. The zero-order chi connectivity index (χ0) is 40.3. The van der Waals surface area contributed by atoms with Gasteiger partial charge in [0.15, 0.2) is 0 Å². The van der Waals surface area contributed by atoms with Crippen LogP contribution in [0.2, 0.25) is 0 Å². The molecule has 0 aliphatic heterocycles. The molecule has 0 spiro atoms. The molecule has 0 saturated carbocycles. The predicted molar refractivity (Wildman–Crippen MR) is 255 cm³/mol. The molecule has 12 aromatic rings. The van der Waals surface area contributed by atoms with Crippen molar-refractivity contribution >= 4 is 43.7 Å². The van der Waals surface area contributed by atoms with Crippen molar-refractivity contribution in [1.29, 1.82) is 0 Å². The van der Waals surface area contributed by atoms with E-state index in [-0.39, 0.29) is 0 Å². The third-order valence-corrected chi connectivity index (χ3v) is 12.2. The van der Waals surface area contributed by atoms with E-state index in [2.05, 4.69) is 228 Å². The van der Waals surface area contributed by atoms with Crippen LogP contribution in [0.15, 0.2) is 235 Å². The van der Waals surface area contributed by atoms with Crippen LogP contribution < -0.4 is 0 Å². The first-order chi connectivity index (χ1) is 30.3. The van der Waals surface area contributed by atoms with Crippen LogP contribution >= 0.6 is 0 Å². The van der Waals surface area contributed by atoms with Crippen molar-refractivity contribution in [3.05, 3.63) is 231 Å². The highest BCUT2D eigenvalue weighted by Crippen LogP contribution is 2.51. The standard InChI is InChI=1S/C58H38N2O/c1-4-16-39(17-5-1)41-28-32-43(33-29-41)57-55(49-23-10-13-25-51(49)59(57)45-20-8-3-9-21-45)56-50-24-11-14-26-52(50)60(46-36-37-48-47-22-12-15-27-53(47)61-54(48)38-46)58(56)44-34-30-42(31-35-44)40-18-6-2-7-19-40/h1-38H. The van der Waals surface area contributed by atoms with Crippen molar-refractivity contribution in [2.24, 2.45) is 0 Å². The quantitative estimate of drug-likeness (QED) is 0.158. The molecule has 0 bridgehead atoms. The molecule has 3 heteroatoms. The lowest BCUT2D eigenvalue weighted by Gasteiger charge is -2.16. The molecule has 0 unspecified atom stereocenters. The summed E-state index contributed by atoms with van der Waals surface area (Å²) in [5.41, 5.74) is 17.8. The van der Waals surface area contributed by atoms with E-state index in [0.717, 1.165) is 66.9 Å². The number of furan rings is 1. The van der Waals surface area contributed by atoms with Crippen molar-refractivity contribution < 1.29 is 4.42 Å². The van der Waals surface area contributed by atoms with Crippen LogP contribution in [0.5, 0.6) is 0 Å². The summed E-state index contributed by atoms with van der Waals surface area (Å²) < 4.78 is 11.4. The molecule has 12 rings (SSSR count). The summed E-state index contributed by atoms with van der Waals surface area (Å²) in [7, 11) is 0. The Morgan fingerprint density at radius 1 is 0.262 bits per heavy atom. The molecule has 9 aromatic carbocycles. The first kappa shape index (κ1) is 34.9. The molecule has 61 heavy (non-hydrogen) atoms. The number of hydrogen-bond donors (Lipinski definition) is 0. The topological polar surface area (TPSA) is 23.0 Å². The maximum absolute atomic E-state index is 6.54. The van der Waals surface area contributed by atoms with Crippen LogP contribution in [-0.4, -0.2) is 9.13 Å². The van der Waals surface area contributed by atoms with E-state index in [9.17, 15) is 0 Å². The normalized spacial score (nSPS) is 11.6. The summed E-state index contributed by atoms with van der Waals surface area (Å²) in [5.74, 6) is 0. The van der Waals surface area contributed by atoms with Crippen LogP contribution in [0.4, 0.5) is 0 Å². The molecule has 0 saturated heterocycles. The molecule has 0 radical (unpaired) electrons. The maximum atomic E-state index is 6.54. The van der Waals surface area contributed by atoms with Crippen molar-refractivity contribution in [3.8, 4) is 67.3 Å². The van der Waals surface area contributed by atoms with Gasteiger partial charge < -0.3 is 13.6 Å². The lowest BCUT2D eigenvalue weighted by molar-refractivity contribution is 0.668. The maximum Gasteiger partial charge on any atom is 0.137 e. The molecule has 286 valence electrons. The Hall–Kier alpha value is -8.14. The molecule has 0 N–H and O–H groups in total. The summed E-state index contributed by atoms with van der Waals surface area (Å²) in [5, 5.41) is 4.59. The SMILES string of the molecule is c1ccc(-c2ccc(-c3c(-c4c(-c5ccc(-c6ccccc6)cc5)n(-c5ccc6c(c5)oc5ccccc56)c5ccccc45)c4ccccc4n3-c3ccccc3)cc2)cc1. The monoisotopic (exact) mass is 778 g/mol. The van der Waals surface area contributed by atoms with Crippen molar-refractivity contribution in [1.82, 2.24) is 9.13 Å². The van der Waals surface area contributed by atoms with E-state index in [1.54, 1.807) is 0 Å². The van der Waals surface area contributed by atoms with E-state index >= 15 is 0 Å². The Bertz CT molecular complexity index is 3540. The number of nitrogens with zero attached hydrogens (tertiary/aromatic N) is 2. The summed E-state index contributed by atoms with van der Waals surface area (Å²) in [6, 6.07) is 83.0.